The third-order valence-corrected chi connectivity index (χ3v) is 6.95. The molecule has 9 heteroatoms. The van der Waals surface area contributed by atoms with E-state index >= 15 is 0 Å². The summed E-state index contributed by atoms with van der Waals surface area (Å²) in [5, 5.41) is 0. The van der Waals surface area contributed by atoms with E-state index in [1.807, 2.05) is 20.8 Å². The summed E-state index contributed by atoms with van der Waals surface area (Å²) in [4.78, 5) is 43.2. The van der Waals surface area contributed by atoms with Crippen LogP contribution < -0.4 is 10.6 Å². The molecule has 2 N–H and O–H groups in total. The summed E-state index contributed by atoms with van der Waals surface area (Å²) in [6, 6.07) is 0. The lowest BCUT2D eigenvalue weighted by atomic mass is 9.80. The molecular formula is C26H37N3O6. The fourth-order valence-corrected chi connectivity index (χ4v) is 5.65. The number of piperidine rings is 1. The SMILES string of the molecule is CC(=O)OC1CCc2c1ncc(N)c2N1C[C@@H](CC(=O)OC(C)(C)C)[C@H](OC(C)=O)[C@@H](C2CC2)C1. The second-order valence-corrected chi connectivity index (χ2v) is 11.1. The van der Waals surface area contributed by atoms with Gasteiger partial charge in [0.05, 0.1) is 29.7 Å². The van der Waals surface area contributed by atoms with Crippen LogP contribution in [0, 0.1) is 17.8 Å². The molecule has 192 valence electrons. The summed E-state index contributed by atoms with van der Waals surface area (Å²) in [5.41, 5.74) is 9.06. The van der Waals surface area contributed by atoms with E-state index in [4.69, 9.17) is 19.9 Å². The van der Waals surface area contributed by atoms with Crippen LogP contribution in [0.25, 0.3) is 0 Å². The van der Waals surface area contributed by atoms with Crippen molar-refractivity contribution in [3.05, 3.63) is 17.5 Å². The van der Waals surface area contributed by atoms with Gasteiger partial charge in [-0.2, -0.15) is 0 Å². The van der Waals surface area contributed by atoms with Gasteiger partial charge in [0.2, 0.25) is 0 Å². The van der Waals surface area contributed by atoms with Crippen LogP contribution in [0.4, 0.5) is 11.4 Å². The summed E-state index contributed by atoms with van der Waals surface area (Å²) in [6.45, 7) is 9.52. The highest BCUT2D eigenvalue weighted by atomic mass is 16.6. The lowest BCUT2D eigenvalue weighted by Gasteiger charge is -2.45. The van der Waals surface area contributed by atoms with Gasteiger partial charge >= 0.3 is 17.9 Å². The van der Waals surface area contributed by atoms with Crippen molar-refractivity contribution in [1.82, 2.24) is 4.98 Å². The van der Waals surface area contributed by atoms with Gasteiger partial charge in [0.25, 0.3) is 0 Å². The first-order valence-corrected chi connectivity index (χ1v) is 12.5. The molecule has 2 fully saturated rings. The van der Waals surface area contributed by atoms with E-state index in [0.29, 0.717) is 37.5 Å². The Kier molecular flexibility index (Phi) is 6.97. The number of pyridine rings is 1. The molecule has 1 saturated carbocycles. The number of anilines is 2. The molecule has 4 rings (SSSR count). The van der Waals surface area contributed by atoms with Gasteiger partial charge in [-0.15, -0.1) is 0 Å². The molecule has 1 saturated heterocycles. The minimum Gasteiger partial charge on any atom is -0.462 e. The second kappa shape index (κ2) is 9.66. The van der Waals surface area contributed by atoms with Crippen LogP contribution in [0.3, 0.4) is 0 Å². The minimum absolute atomic E-state index is 0.0916. The largest absolute Gasteiger partial charge is 0.462 e. The topological polar surface area (TPSA) is 121 Å². The Labute approximate surface area is 206 Å². The molecule has 0 amide bonds. The molecule has 2 heterocycles. The van der Waals surface area contributed by atoms with Gasteiger partial charge in [-0.25, -0.2) is 0 Å². The van der Waals surface area contributed by atoms with Gasteiger partial charge in [-0.3, -0.25) is 19.4 Å². The van der Waals surface area contributed by atoms with Crippen LogP contribution >= 0.6 is 0 Å². The van der Waals surface area contributed by atoms with Crippen molar-refractivity contribution in [1.29, 1.82) is 0 Å². The zero-order valence-corrected chi connectivity index (χ0v) is 21.3. The predicted octanol–water partition coefficient (Wildman–Crippen LogP) is 3.34. The molecule has 1 aromatic heterocycles. The van der Waals surface area contributed by atoms with Crippen molar-refractivity contribution in [3.8, 4) is 0 Å². The lowest BCUT2D eigenvalue weighted by Crippen LogP contribution is -2.53. The first-order valence-electron chi connectivity index (χ1n) is 12.5. The van der Waals surface area contributed by atoms with Crippen molar-refractivity contribution in [2.24, 2.45) is 17.8 Å². The van der Waals surface area contributed by atoms with Crippen LogP contribution in [0.2, 0.25) is 0 Å². The molecular weight excluding hydrogens is 450 g/mol. The number of fused-ring (bicyclic) bond motifs is 1. The van der Waals surface area contributed by atoms with Crippen molar-refractivity contribution in [2.75, 3.05) is 23.7 Å². The minimum atomic E-state index is -0.597. The number of nitrogens with two attached hydrogens (primary N) is 1. The Morgan fingerprint density at radius 1 is 1.09 bits per heavy atom. The number of hydrogen-bond acceptors (Lipinski definition) is 9. The number of nitrogen functional groups attached to an aromatic ring is 1. The maximum Gasteiger partial charge on any atom is 0.306 e. The Balaban J connectivity index is 1.66. The van der Waals surface area contributed by atoms with Crippen LogP contribution in [0.1, 0.15) is 77.7 Å². The molecule has 0 spiro atoms. The maximum atomic E-state index is 12.8. The summed E-state index contributed by atoms with van der Waals surface area (Å²) in [5.74, 6) is -0.684. The number of carbonyl (C=O) groups excluding carboxylic acids is 3. The highest BCUT2D eigenvalue weighted by Gasteiger charge is 2.48. The van der Waals surface area contributed by atoms with Crippen molar-refractivity contribution >= 4 is 29.3 Å². The molecule has 0 aromatic carbocycles. The molecule has 0 bridgehead atoms. The molecule has 9 nitrogen and oxygen atoms in total. The Morgan fingerprint density at radius 3 is 2.37 bits per heavy atom. The third-order valence-electron chi connectivity index (χ3n) is 6.95. The average molecular weight is 488 g/mol. The number of aromatic nitrogens is 1. The molecule has 3 aliphatic rings. The van der Waals surface area contributed by atoms with E-state index in [-0.39, 0.29) is 48.4 Å². The number of esters is 3. The van der Waals surface area contributed by atoms with E-state index < -0.39 is 5.60 Å². The fourth-order valence-electron chi connectivity index (χ4n) is 5.65. The number of nitrogens with zero attached hydrogens (tertiary/aromatic N) is 2. The standard InChI is InChI=1S/C26H37N3O6/c1-14(30)33-21-9-8-18-23(21)28-11-20(27)24(18)29-12-17(10-22(32)35-26(3,4)5)25(34-15(2)31)19(13-29)16-6-7-16/h11,16-17,19,21,25H,6-10,12-13,27H2,1-5H3/t17-,19-,21?,25+/m1/s1. The van der Waals surface area contributed by atoms with Gasteiger partial charge in [0.15, 0.2) is 0 Å². The van der Waals surface area contributed by atoms with E-state index in [0.717, 1.165) is 29.8 Å². The summed E-state index contributed by atoms with van der Waals surface area (Å²) >= 11 is 0. The molecule has 1 unspecified atom stereocenters. The number of rotatable bonds is 6. The molecule has 1 aromatic rings. The average Bonchev–Trinajstić information content (AvgIpc) is 3.49. The van der Waals surface area contributed by atoms with Crippen molar-refractivity contribution in [2.45, 2.75) is 84.5 Å². The smallest absolute Gasteiger partial charge is 0.306 e. The monoisotopic (exact) mass is 487 g/mol. The van der Waals surface area contributed by atoms with Crippen LogP contribution in [0.5, 0.6) is 0 Å². The molecule has 1 aliphatic heterocycles. The first kappa shape index (κ1) is 25.3. The quantitative estimate of drug-likeness (QED) is 0.475. The molecule has 0 radical (unpaired) electrons. The summed E-state index contributed by atoms with van der Waals surface area (Å²) in [7, 11) is 0. The highest BCUT2D eigenvalue weighted by Crippen LogP contribution is 2.48. The molecule has 4 atom stereocenters. The Bertz CT molecular complexity index is 1000. The van der Waals surface area contributed by atoms with Crippen LogP contribution in [0.15, 0.2) is 6.20 Å². The normalized spacial score (nSPS) is 26.1. The zero-order chi connectivity index (χ0) is 25.5. The summed E-state index contributed by atoms with van der Waals surface area (Å²) in [6.07, 6.45) is 4.57. The van der Waals surface area contributed by atoms with Crippen molar-refractivity contribution in [3.63, 3.8) is 0 Å². The summed E-state index contributed by atoms with van der Waals surface area (Å²) < 4.78 is 16.9. The number of hydrogen-bond donors (Lipinski definition) is 1. The van der Waals surface area contributed by atoms with Gasteiger partial charge < -0.3 is 24.8 Å². The van der Waals surface area contributed by atoms with Gasteiger partial charge in [0.1, 0.15) is 17.8 Å². The maximum absolute atomic E-state index is 12.8. The van der Waals surface area contributed by atoms with Gasteiger partial charge in [0, 0.05) is 44.3 Å². The number of ether oxygens (including phenoxy) is 3. The zero-order valence-electron chi connectivity index (χ0n) is 21.3. The van der Waals surface area contributed by atoms with E-state index in [1.54, 1.807) is 6.20 Å². The third kappa shape index (κ3) is 5.87. The van der Waals surface area contributed by atoms with Crippen LogP contribution in [-0.2, 0) is 35.0 Å². The van der Waals surface area contributed by atoms with E-state index in [2.05, 4.69) is 9.88 Å². The second-order valence-electron chi connectivity index (χ2n) is 11.1. The Morgan fingerprint density at radius 2 is 1.77 bits per heavy atom. The molecule has 2 aliphatic carbocycles. The first-order chi connectivity index (χ1) is 16.4. The lowest BCUT2D eigenvalue weighted by molar-refractivity contribution is -0.164. The van der Waals surface area contributed by atoms with Gasteiger partial charge in [-0.1, -0.05) is 0 Å². The van der Waals surface area contributed by atoms with Crippen molar-refractivity contribution < 1.29 is 28.6 Å². The predicted molar refractivity (Wildman–Crippen MR) is 129 cm³/mol. The number of carbonyl (C=O) groups is 3. The van der Waals surface area contributed by atoms with E-state index in [9.17, 15) is 14.4 Å². The Hall–Kier alpha value is -2.84. The highest BCUT2D eigenvalue weighted by molar-refractivity contribution is 5.75. The fraction of sp³-hybridized carbons (Fsp3) is 0.692. The van der Waals surface area contributed by atoms with Crippen LogP contribution in [-0.4, -0.2) is 47.7 Å². The van der Waals surface area contributed by atoms with E-state index in [1.165, 1.54) is 13.8 Å². The van der Waals surface area contributed by atoms with Gasteiger partial charge in [-0.05, 0) is 52.4 Å². The molecule has 35 heavy (non-hydrogen) atoms.